The Hall–Kier alpha value is -3.31. The molecular weight excluding hydrogens is 394 g/mol. The summed E-state index contributed by atoms with van der Waals surface area (Å²) in [7, 11) is 0. The van der Waals surface area contributed by atoms with Gasteiger partial charge in [0, 0.05) is 23.3 Å². The molecule has 3 N–H and O–H groups in total. The van der Waals surface area contributed by atoms with Gasteiger partial charge in [-0.05, 0) is 13.3 Å². The summed E-state index contributed by atoms with van der Waals surface area (Å²) in [6, 6.07) is 0. The van der Waals surface area contributed by atoms with Crippen molar-refractivity contribution in [2.75, 3.05) is 11.9 Å². The molecule has 3 rings (SSSR count). The number of hydrogen-bond acceptors (Lipinski definition) is 6. The Bertz CT molecular complexity index is 1040. The number of alkyl halides is 3. The van der Waals surface area contributed by atoms with Gasteiger partial charge >= 0.3 is 6.18 Å². The molecule has 29 heavy (non-hydrogen) atoms. The van der Waals surface area contributed by atoms with E-state index in [1.807, 2.05) is 0 Å². The Labute approximate surface area is 162 Å². The van der Waals surface area contributed by atoms with Crippen LogP contribution in [-0.4, -0.2) is 49.1 Å². The number of anilines is 1. The number of fused-ring (bicyclic) bond motifs is 1. The zero-order valence-corrected chi connectivity index (χ0v) is 15.4. The smallest absolute Gasteiger partial charge is 0.354 e. The van der Waals surface area contributed by atoms with E-state index in [-0.39, 0.29) is 18.1 Å². The van der Waals surface area contributed by atoms with Gasteiger partial charge in [-0.2, -0.15) is 13.2 Å². The van der Waals surface area contributed by atoms with Crippen molar-refractivity contribution in [1.82, 2.24) is 30.2 Å². The molecule has 0 bridgehead atoms. The zero-order valence-electron chi connectivity index (χ0n) is 15.4. The largest absolute Gasteiger partial charge is 0.405 e. The van der Waals surface area contributed by atoms with Crippen molar-refractivity contribution in [1.29, 1.82) is 0 Å². The molecule has 0 saturated heterocycles. The maximum Gasteiger partial charge on any atom is 0.405 e. The van der Waals surface area contributed by atoms with Gasteiger partial charge in [0.1, 0.15) is 24.1 Å². The first kappa shape index (κ1) is 20.4. The van der Waals surface area contributed by atoms with E-state index in [0.29, 0.717) is 16.6 Å². The van der Waals surface area contributed by atoms with Gasteiger partial charge in [0.05, 0.1) is 6.20 Å². The van der Waals surface area contributed by atoms with Crippen LogP contribution in [0.2, 0.25) is 0 Å². The second kappa shape index (κ2) is 7.60. The molecule has 0 unspecified atom stereocenters. The quantitative estimate of drug-likeness (QED) is 0.539. The number of nitrogens with zero attached hydrogens (tertiary/aromatic N) is 4. The number of halogens is 4. The van der Waals surface area contributed by atoms with Gasteiger partial charge in [0.2, 0.25) is 5.91 Å². The lowest BCUT2D eigenvalue weighted by molar-refractivity contribution is -0.140. The van der Waals surface area contributed by atoms with Crippen LogP contribution in [0.1, 0.15) is 20.3 Å². The van der Waals surface area contributed by atoms with E-state index in [4.69, 9.17) is 0 Å². The Balaban J connectivity index is 1.90. The number of H-pyrrole nitrogens is 1. The highest BCUT2D eigenvalue weighted by Gasteiger charge is 2.36. The van der Waals surface area contributed by atoms with Crippen molar-refractivity contribution in [2.45, 2.75) is 32.0 Å². The topological polar surface area (TPSA) is 108 Å². The molecule has 0 saturated carbocycles. The minimum absolute atomic E-state index is 0.0798. The summed E-state index contributed by atoms with van der Waals surface area (Å²) < 4.78 is 51.5. The summed E-state index contributed by atoms with van der Waals surface area (Å²) >= 11 is 0. The number of rotatable bonds is 6. The molecule has 0 aliphatic rings. The summed E-state index contributed by atoms with van der Waals surface area (Å²) in [6.07, 6.45) is 0.899. The molecule has 1 amide bonds. The minimum atomic E-state index is -4.56. The summed E-state index contributed by atoms with van der Waals surface area (Å²) in [6.45, 7) is 1.45. The van der Waals surface area contributed by atoms with Crippen LogP contribution < -0.4 is 10.6 Å². The normalized spacial score (nSPS) is 13.9. The molecule has 0 fully saturated rings. The first-order chi connectivity index (χ1) is 13.6. The molecule has 1 atom stereocenters. The molecular formula is C17H17F4N7O. The van der Waals surface area contributed by atoms with E-state index in [0.717, 1.165) is 6.20 Å². The molecule has 3 aromatic rings. The average molecular weight is 411 g/mol. The van der Waals surface area contributed by atoms with Gasteiger partial charge < -0.3 is 15.6 Å². The van der Waals surface area contributed by atoms with Crippen LogP contribution in [0.25, 0.3) is 22.4 Å². The number of aromatic amines is 1. The Morgan fingerprint density at radius 2 is 2.00 bits per heavy atom. The number of hydrogen-bond donors (Lipinski definition) is 3. The molecule has 12 heteroatoms. The number of amides is 1. The van der Waals surface area contributed by atoms with E-state index >= 15 is 0 Å². The predicted molar refractivity (Wildman–Crippen MR) is 96.3 cm³/mol. The molecule has 0 radical (unpaired) electrons. The number of nitrogens with one attached hydrogen (secondary N) is 3. The Morgan fingerprint density at radius 3 is 2.69 bits per heavy atom. The standard InChI is InChI=1S/C17H17F4N7O/c1-3-16(2,15(29)25-7-17(19,20)21)28-14-11(18)6-24-13(27-14)10-5-23-12-9(10)4-22-8-26-12/h4-6,8H,3,7H2,1-2H3,(H,25,29)(H,22,23,26)(H,24,27,28)/t16-/m0/s1. The predicted octanol–water partition coefficient (Wildman–Crippen LogP) is 2.81. The fourth-order valence-corrected chi connectivity index (χ4v) is 2.57. The molecule has 154 valence electrons. The van der Waals surface area contributed by atoms with E-state index in [9.17, 15) is 22.4 Å². The SMILES string of the molecule is CC[C@](C)(Nc1nc(-c2c[nH]c3ncncc23)ncc1F)C(=O)NCC(F)(F)F. The van der Waals surface area contributed by atoms with E-state index in [2.05, 4.69) is 30.2 Å². The van der Waals surface area contributed by atoms with Crippen molar-refractivity contribution in [3.8, 4) is 11.4 Å². The third kappa shape index (κ3) is 4.41. The van der Waals surface area contributed by atoms with Crippen LogP contribution in [0.3, 0.4) is 0 Å². The Morgan fingerprint density at radius 1 is 1.24 bits per heavy atom. The number of carbonyl (C=O) groups excluding carboxylic acids is 1. The number of carbonyl (C=O) groups is 1. The molecule has 0 spiro atoms. The highest BCUT2D eigenvalue weighted by atomic mass is 19.4. The van der Waals surface area contributed by atoms with E-state index < -0.39 is 30.0 Å². The first-order valence-corrected chi connectivity index (χ1v) is 8.56. The second-order valence-corrected chi connectivity index (χ2v) is 6.49. The molecule has 0 aliphatic carbocycles. The lowest BCUT2D eigenvalue weighted by Gasteiger charge is -2.29. The second-order valence-electron chi connectivity index (χ2n) is 6.49. The number of aromatic nitrogens is 5. The first-order valence-electron chi connectivity index (χ1n) is 8.56. The van der Waals surface area contributed by atoms with Gasteiger partial charge in [-0.1, -0.05) is 6.92 Å². The molecule has 8 nitrogen and oxygen atoms in total. The van der Waals surface area contributed by atoms with Gasteiger partial charge in [0.15, 0.2) is 17.5 Å². The third-order valence-corrected chi connectivity index (χ3v) is 4.39. The summed E-state index contributed by atoms with van der Waals surface area (Å²) in [5.74, 6) is -1.97. The van der Waals surface area contributed by atoms with Gasteiger partial charge in [-0.3, -0.25) is 4.79 Å². The van der Waals surface area contributed by atoms with Crippen LogP contribution >= 0.6 is 0 Å². The van der Waals surface area contributed by atoms with Crippen LogP contribution in [0.4, 0.5) is 23.4 Å². The maximum atomic E-state index is 14.3. The maximum absolute atomic E-state index is 14.3. The van der Waals surface area contributed by atoms with Crippen LogP contribution in [-0.2, 0) is 4.79 Å². The average Bonchev–Trinajstić information content (AvgIpc) is 3.11. The van der Waals surface area contributed by atoms with Crippen molar-refractivity contribution >= 4 is 22.8 Å². The Kier molecular flexibility index (Phi) is 5.36. The monoisotopic (exact) mass is 411 g/mol. The van der Waals surface area contributed by atoms with Crippen molar-refractivity contribution in [3.05, 3.63) is 30.7 Å². The van der Waals surface area contributed by atoms with Gasteiger partial charge in [0.25, 0.3) is 0 Å². The molecule has 0 aliphatic heterocycles. The van der Waals surface area contributed by atoms with E-state index in [1.54, 1.807) is 18.4 Å². The van der Waals surface area contributed by atoms with Crippen molar-refractivity contribution < 1.29 is 22.4 Å². The summed E-state index contributed by atoms with van der Waals surface area (Å²) in [5.41, 5.74) is -0.494. The lowest BCUT2D eigenvalue weighted by atomic mass is 9.97. The summed E-state index contributed by atoms with van der Waals surface area (Å²) in [5, 5.41) is 5.02. The van der Waals surface area contributed by atoms with Gasteiger partial charge in [-0.15, -0.1) is 0 Å². The third-order valence-electron chi connectivity index (χ3n) is 4.39. The van der Waals surface area contributed by atoms with Crippen molar-refractivity contribution in [2.24, 2.45) is 0 Å². The lowest BCUT2D eigenvalue weighted by Crippen LogP contribution is -2.52. The van der Waals surface area contributed by atoms with Crippen LogP contribution in [0, 0.1) is 5.82 Å². The van der Waals surface area contributed by atoms with E-state index in [1.165, 1.54) is 19.4 Å². The van der Waals surface area contributed by atoms with Crippen molar-refractivity contribution in [3.63, 3.8) is 0 Å². The molecule has 3 heterocycles. The minimum Gasteiger partial charge on any atom is -0.354 e. The zero-order chi connectivity index (χ0) is 21.2. The highest BCUT2D eigenvalue weighted by molar-refractivity contribution is 5.91. The highest BCUT2D eigenvalue weighted by Crippen LogP contribution is 2.27. The van der Waals surface area contributed by atoms with Gasteiger partial charge in [-0.25, -0.2) is 24.3 Å². The fourth-order valence-electron chi connectivity index (χ4n) is 2.57. The van der Waals surface area contributed by atoms with Crippen LogP contribution in [0.5, 0.6) is 0 Å². The molecule has 3 aromatic heterocycles. The summed E-state index contributed by atoms with van der Waals surface area (Å²) in [4.78, 5) is 31.2. The molecule has 0 aromatic carbocycles. The fraction of sp³-hybridized carbons (Fsp3) is 0.353. The van der Waals surface area contributed by atoms with Crippen LogP contribution in [0.15, 0.2) is 24.9 Å².